The topological polar surface area (TPSA) is 52.8 Å². The third-order valence-corrected chi connectivity index (χ3v) is 5.30. The van der Waals surface area contributed by atoms with Crippen molar-refractivity contribution in [2.24, 2.45) is 4.99 Å². The predicted octanol–water partition coefficient (Wildman–Crippen LogP) is 4.41. The highest BCUT2D eigenvalue weighted by Crippen LogP contribution is 2.33. The Morgan fingerprint density at radius 2 is 2.00 bits per heavy atom. The van der Waals surface area contributed by atoms with Crippen LogP contribution in [0.25, 0.3) is 10.2 Å². The van der Waals surface area contributed by atoms with E-state index < -0.39 is 0 Å². The Labute approximate surface area is 163 Å². The minimum atomic E-state index is -0.297. The molecule has 1 heterocycles. The number of hydrogen-bond acceptors (Lipinski definition) is 4. The summed E-state index contributed by atoms with van der Waals surface area (Å²) in [5, 5.41) is 0. The van der Waals surface area contributed by atoms with Crippen LogP contribution in [0.3, 0.4) is 0 Å². The molecule has 134 valence electrons. The van der Waals surface area contributed by atoms with E-state index in [9.17, 15) is 4.79 Å². The Balaban J connectivity index is 2.19. The van der Waals surface area contributed by atoms with Crippen LogP contribution >= 0.6 is 27.3 Å². The van der Waals surface area contributed by atoms with Crippen LogP contribution in [0.1, 0.15) is 10.4 Å². The molecule has 3 rings (SSSR count). The fourth-order valence-corrected chi connectivity index (χ4v) is 4.01. The maximum absolute atomic E-state index is 12.6. The first kappa shape index (κ1) is 18.4. The number of aromatic nitrogens is 1. The number of amides is 1. The molecular weight excluding hydrogens is 416 g/mol. The molecule has 3 aromatic rings. The number of nitrogens with zero attached hydrogens (tertiary/aromatic N) is 2. The molecule has 5 nitrogen and oxygen atoms in total. The van der Waals surface area contributed by atoms with E-state index in [0.717, 1.165) is 14.7 Å². The molecule has 7 heteroatoms. The molecule has 0 unspecified atom stereocenters. The van der Waals surface area contributed by atoms with Gasteiger partial charge in [-0.25, -0.2) is 0 Å². The zero-order valence-corrected chi connectivity index (χ0v) is 16.8. The molecule has 0 bridgehead atoms. The number of methoxy groups -OCH3 is 2. The lowest BCUT2D eigenvalue weighted by Crippen LogP contribution is -2.16. The first-order valence-electron chi connectivity index (χ1n) is 7.78. The van der Waals surface area contributed by atoms with Crippen molar-refractivity contribution in [2.75, 3.05) is 14.2 Å². The summed E-state index contributed by atoms with van der Waals surface area (Å²) in [6, 6.07) is 11.0. The molecule has 0 atom stereocenters. The number of thiazole rings is 1. The Morgan fingerprint density at radius 1 is 1.27 bits per heavy atom. The summed E-state index contributed by atoms with van der Waals surface area (Å²) in [5.74, 6) is 0.965. The number of ether oxygens (including phenoxy) is 2. The Hall–Kier alpha value is -2.38. The molecule has 1 amide bonds. The molecular formula is C19H17BrN2O3S. The number of hydrogen-bond donors (Lipinski definition) is 0. The van der Waals surface area contributed by atoms with Gasteiger partial charge in [-0.15, -0.1) is 6.58 Å². The highest BCUT2D eigenvalue weighted by molar-refractivity contribution is 9.10. The van der Waals surface area contributed by atoms with Crippen molar-refractivity contribution in [2.45, 2.75) is 6.54 Å². The Bertz CT molecular complexity index is 1050. The smallest absolute Gasteiger partial charge is 0.279 e. The van der Waals surface area contributed by atoms with Gasteiger partial charge < -0.3 is 14.0 Å². The van der Waals surface area contributed by atoms with Gasteiger partial charge in [-0.3, -0.25) is 4.79 Å². The molecule has 0 spiro atoms. The summed E-state index contributed by atoms with van der Waals surface area (Å²) >= 11 is 4.80. The van der Waals surface area contributed by atoms with Gasteiger partial charge in [0.15, 0.2) is 16.3 Å². The third kappa shape index (κ3) is 3.59. The van der Waals surface area contributed by atoms with Crippen LogP contribution in [-0.2, 0) is 6.54 Å². The quantitative estimate of drug-likeness (QED) is 0.561. The number of rotatable bonds is 5. The maximum Gasteiger partial charge on any atom is 0.279 e. The van der Waals surface area contributed by atoms with Crippen LogP contribution in [0.4, 0.5) is 0 Å². The lowest BCUT2D eigenvalue weighted by atomic mass is 10.2. The van der Waals surface area contributed by atoms with E-state index in [0.29, 0.717) is 28.4 Å². The minimum Gasteiger partial charge on any atom is -0.493 e. The normalized spacial score (nSPS) is 11.6. The molecule has 0 aliphatic heterocycles. The molecule has 0 saturated carbocycles. The molecule has 2 aromatic carbocycles. The zero-order chi connectivity index (χ0) is 18.7. The summed E-state index contributed by atoms with van der Waals surface area (Å²) in [6.07, 6.45) is 1.77. The van der Waals surface area contributed by atoms with Gasteiger partial charge in [0.2, 0.25) is 0 Å². The summed E-state index contributed by atoms with van der Waals surface area (Å²) in [7, 11) is 3.19. The van der Waals surface area contributed by atoms with Gasteiger partial charge in [0.25, 0.3) is 5.91 Å². The van der Waals surface area contributed by atoms with Gasteiger partial charge in [-0.2, -0.15) is 4.99 Å². The first-order chi connectivity index (χ1) is 12.6. The summed E-state index contributed by atoms with van der Waals surface area (Å²) in [4.78, 5) is 17.5. The van der Waals surface area contributed by atoms with Gasteiger partial charge in [-0.1, -0.05) is 39.4 Å². The number of benzene rings is 2. The number of carbonyl (C=O) groups is 1. The minimum absolute atomic E-state index is 0.297. The van der Waals surface area contributed by atoms with E-state index in [4.69, 9.17) is 9.47 Å². The van der Waals surface area contributed by atoms with Gasteiger partial charge >= 0.3 is 0 Å². The lowest BCUT2D eigenvalue weighted by Gasteiger charge is -2.08. The van der Waals surface area contributed by atoms with E-state index in [-0.39, 0.29) is 5.91 Å². The van der Waals surface area contributed by atoms with Crippen molar-refractivity contribution < 1.29 is 14.3 Å². The Morgan fingerprint density at radius 3 is 2.65 bits per heavy atom. The molecule has 26 heavy (non-hydrogen) atoms. The fourth-order valence-electron chi connectivity index (χ4n) is 2.56. The zero-order valence-electron chi connectivity index (χ0n) is 14.4. The number of carbonyl (C=O) groups excluding carboxylic acids is 1. The van der Waals surface area contributed by atoms with Gasteiger partial charge in [0.1, 0.15) is 0 Å². The van der Waals surface area contributed by atoms with Crippen molar-refractivity contribution in [1.82, 2.24) is 4.57 Å². The molecule has 0 N–H and O–H groups in total. The van der Waals surface area contributed by atoms with E-state index in [1.807, 2.05) is 28.8 Å². The van der Waals surface area contributed by atoms with Crippen molar-refractivity contribution in [3.8, 4) is 11.5 Å². The van der Waals surface area contributed by atoms with Crippen LogP contribution in [0.5, 0.6) is 11.5 Å². The van der Waals surface area contributed by atoms with Crippen LogP contribution in [0.15, 0.2) is 58.5 Å². The molecule has 1 aromatic heterocycles. The Kier molecular flexibility index (Phi) is 5.58. The summed E-state index contributed by atoms with van der Waals surface area (Å²) in [5.41, 5.74) is 1.44. The number of halogens is 1. The van der Waals surface area contributed by atoms with Crippen molar-refractivity contribution in [3.05, 3.63) is 63.9 Å². The highest BCUT2D eigenvalue weighted by atomic mass is 79.9. The van der Waals surface area contributed by atoms with Crippen LogP contribution in [-0.4, -0.2) is 24.7 Å². The second kappa shape index (κ2) is 7.88. The number of allylic oxidation sites excluding steroid dienone is 1. The van der Waals surface area contributed by atoms with E-state index >= 15 is 0 Å². The third-order valence-electron chi connectivity index (χ3n) is 3.77. The average molecular weight is 433 g/mol. The standard InChI is InChI=1S/C19H17BrN2O3S/c1-4-8-22-14-10-15(24-2)16(25-3)11-17(14)26-19(22)21-18(23)12-6-5-7-13(20)9-12/h4-7,9-11H,1,8H2,2-3H3. The summed E-state index contributed by atoms with van der Waals surface area (Å²) in [6.45, 7) is 4.33. The largest absolute Gasteiger partial charge is 0.493 e. The van der Waals surface area contributed by atoms with Crippen molar-refractivity contribution in [3.63, 3.8) is 0 Å². The van der Waals surface area contributed by atoms with Crippen LogP contribution < -0.4 is 14.3 Å². The first-order valence-corrected chi connectivity index (χ1v) is 9.39. The average Bonchev–Trinajstić information content (AvgIpc) is 2.97. The molecule has 0 aliphatic rings. The summed E-state index contributed by atoms with van der Waals surface area (Å²) < 4.78 is 14.5. The van der Waals surface area contributed by atoms with E-state index in [1.54, 1.807) is 32.4 Å². The fraction of sp³-hybridized carbons (Fsp3) is 0.158. The second-order valence-electron chi connectivity index (χ2n) is 5.39. The predicted molar refractivity (Wildman–Crippen MR) is 107 cm³/mol. The molecule has 0 radical (unpaired) electrons. The number of fused-ring (bicyclic) bond motifs is 1. The van der Waals surface area contributed by atoms with Gasteiger partial charge in [0.05, 0.1) is 24.4 Å². The SMILES string of the molecule is C=CCn1c(=NC(=O)c2cccc(Br)c2)sc2cc(OC)c(OC)cc21. The molecule has 0 fully saturated rings. The monoisotopic (exact) mass is 432 g/mol. The van der Waals surface area contributed by atoms with Gasteiger partial charge in [-0.05, 0) is 18.2 Å². The lowest BCUT2D eigenvalue weighted by molar-refractivity contribution is 0.0998. The van der Waals surface area contributed by atoms with Gasteiger partial charge in [0, 0.05) is 28.7 Å². The van der Waals surface area contributed by atoms with Crippen LogP contribution in [0.2, 0.25) is 0 Å². The van der Waals surface area contributed by atoms with Crippen LogP contribution in [0, 0.1) is 0 Å². The maximum atomic E-state index is 12.6. The van der Waals surface area contributed by atoms with Crippen molar-refractivity contribution >= 4 is 43.4 Å². The second-order valence-corrected chi connectivity index (χ2v) is 7.31. The van der Waals surface area contributed by atoms with Crippen molar-refractivity contribution in [1.29, 1.82) is 0 Å². The van der Waals surface area contributed by atoms with E-state index in [1.165, 1.54) is 11.3 Å². The molecule has 0 aliphatic carbocycles. The van der Waals surface area contributed by atoms with E-state index in [2.05, 4.69) is 27.5 Å². The molecule has 0 saturated heterocycles. The highest BCUT2D eigenvalue weighted by Gasteiger charge is 2.13.